The molecule has 1 aliphatic carbocycles. The summed E-state index contributed by atoms with van der Waals surface area (Å²) < 4.78 is 3.53. The normalized spacial score (nSPS) is 21.5. The van der Waals surface area contributed by atoms with E-state index in [0.717, 1.165) is 44.6 Å². The van der Waals surface area contributed by atoms with Crippen molar-refractivity contribution in [1.29, 1.82) is 0 Å². The molecule has 19 heavy (non-hydrogen) atoms. The molecule has 0 radical (unpaired) electrons. The van der Waals surface area contributed by atoms with Crippen LogP contribution in [0.25, 0.3) is 0 Å². The Morgan fingerprint density at radius 1 is 1.16 bits per heavy atom. The highest BCUT2D eigenvalue weighted by Crippen LogP contribution is 2.32. The van der Waals surface area contributed by atoms with Crippen LogP contribution in [0, 0.1) is 0 Å². The zero-order chi connectivity index (χ0) is 12.5. The van der Waals surface area contributed by atoms with Crippen LogP contribution in [0.3, 0.4) is 0 Å². The van der Waals surface area contributed by atoms with Crippen LogP contribution in [0.2, 0.25) is 0 Å². The number of piperidine rings is 1. The maximum absolute atomic E-state index is 12.3. The summed E-state index contributed by atoms with van der Waals surface area (Å²) in [6, 6.07) is 0.399. The number of halogens is 1. The number of aromatic nitrogens is 3. The number of nitrogens with zero attached hydrogens (tertiary/aromatic N) is 3. The third-order valence-corrected chi connectivity index (χ3v) is 4.38. The highest BCUT2D eigenvalue weighted by atomic mass is 35.5. The Morgan fingerprint density at radius 3 is 2.42 bits per heavy atom. The zero-order valence-electron chi connectivity index (χ0n) is 11.5. The Balaban J connectivity index is 0.00000133. The largest absolute Gasteiger partial charge is 0.345 e. The zero-order valence-corrected chi connectivity index (χ0v) is 12.3. The van der Waals surface area contributed by atoms with Gasteiger partial charge in [-0.2, -0.15) is 5.10 Å². The molecule has 2 aliphatic rings. The van der Waals surface area contributed by atoms with E-state index in [4.69, 9.17) is 0 Å². The van der Waals surface area contributed by atoms with E-state index in [9.17, 15) is 4.79 Å². The first-order valence-corrected chi connectivity index (χ1v) is 7.13. The van der Waals surface area contributed by atoms with Gasteiger partial charge in [-0.25, -0.2) is 9.48 Å². The molecule has 0 amide bonds. The minimum atomic E-state index is 0. The minimum absolute atomic E-state index is 0. The van der Waals surface area contributed by atoms with Crippen molar-refractivity contribution in [1.82, 2.24) is 19.7 Å². The Bertz CT molecular complexity index is 469. The van der Waals surface area contributed by atoms with Gasteiger partial charge in [0, 0.05) is 19.0 Å². The van der Waals surface area contributed by atoms with Gasteiger partial charge in [-0.05, 0) is 38.8 Å². The molecule has 0 spiro atoms. The summed E-state index contributed by atoms with van der Waals surface area (Å²) in [6.07, 6.45) is 6.98. The van der Waals surface area contributed by atoms with E-state index in [1.807, 2.05) is 4.57 Å². The molecule has 0 aromatic carbocycles. The van der Waals surface area contributed by atoms with Crippen LogP contribution in [-0.2, 0) is 7.05 Å². The van der Waals surface area contributed by atoms with E-state index in [1.54, 1.807) is 7.05 Å². The summed E-state index contributed by atoms with van der Waals surface area (Å²) in [7, 11) is 1.78. The smallest absolute Gasteiger partial charge is 0.317 e. The lowest BCUT2D eigenvalue weighted by Crippen LogP contribution is -2.31. The summed E-state index contributed by atoms with van der Waals surface area (Å²) in [4.78, 5) is 12.3. The van der Waals surface area contributed by atoms with Crippen molar-refractivity contribution >= 4 is 12.4 Å². The molecule has 5 nitrogen and oxygen atoms in total. The van der Waals surface area contributed by atoms with E-state index >= 15 is 0 Å². The van der Waals surface area contributed by atoms with Crippen molar-refractivity contribution < 1.29 is 0 Å². The maximum Gasteiger partial charge on any atom is 0.345 e. The molecule has 1 saturated heterocycles. The standard InChI is InChI=1S/C13H22N4O.ClH/c1-16-13(18)17(11-4-2-3-5-11)12(15-16)10-6-8-14-9-7-10;/h10-11,14H,2-9H2,1H3;1H. The van der Waals surface area contributed by atoms with Crippen LogP contribution in [0.1, 0.15) is 56.3 Å². The average Bonchev–Trinajstić information content (AvgIpc) is 3.00. The lowest BCUT2D eigenvalue weighted by atomic mass is 9.97. The minimum Gasteiger partial charge on any atom is -0.317 e. The van der Waals surface area contributed by atoms with E-state index < -0.39 is 0 Å². The first-order chi connectivity index (χ1) is 8.77. The molecule has 1 N–H and O–H groups in total. The van der Waals surface area contributed by atoms with Crippen molar-refractivity contribution in [3.05, 3.63) is 16.3 Å². The molecule has 2 fully saturated rings. The fourth-order valence-electron chi connectivity index (χ4n) is 3.36. The summed E-state index contributed by atoms with van der Waals surface area (Å²) in [6.45, 7) is 2.08. The van der Waals surface area contributed by atoms with Crippen LogP contribution in [0.5, 0.6) is 0 Å². The van der Waals surface area contributed by atoms with Gasteiger partial charge in [0.25, 0.3) is 0 Å². The van der Waals surface area contributed by atoms with Crippen LogP contribution >= 0.6 is 12.4 Å². The molecule has 0 unspecified atom stereocenters. The topological polar surface area (TPSA) is 51.9 Å². The van der Waals surface area contributed by atoms with Crippen molar-refractivity contribution in [3.8, 4) is 0 Å². The van der Waals surface area contributed by atoms with Gasteiger partial charge in [0.1, 0.15) is 5.82 Å². The van der Waals surface area contributed by atoms with Crippen LogP contribution in [0.4, 0.5) is 0 Å². The fraction of sp³-hybridized carbons (Fsp3) is 0.846. The Morgan fingerprint density at radius 2 is 1.79 bits per heavy atom. The number of rotatable bonds is 2. The second kappa shape index (κ2) is 6.09. The number of hydrogen-bond donors (Lipinski definition) is 1. The summed E-state index contributed by atoms with van der Waals surface area (Å²) in [5.41, 5.74) is 0.0791. The number of hydrogen-bond acceptors (Lipinski definition) is 3. The second-order valence-corrected chi connectivity index (χ2v) is 5.60. The van der Waals surface area contributed by atoms with Gasteiger partial charge in [0.05, 0.1) is 0 Å². The van der Waals surface area contributed by atoms with E-state index in [1.165, 1.54) is 17.5 Å². The quantitative estimate of drug-likeness (QED) is 0.898. The molecule has 6 heteroatoms. The summed E-state index contributed by atoms with van der Waals surface area (Å²) in [5.74, 6) is 1.50. The van der Waals surface area contributed by atoms with E-state index in [-0.39, 0.29) is 18.1 Å². The van der Waals surface area contributed by atoms with Crippen molar-refractivity contribution in [2.75, 3.05) is 13.1 Å². The van der Waals surface area contributed by atoms with E-state index in [0.29, 0.717) is 12.0 Å². The molecule has 0 atom stereocenters. The predicted molar refractivity (Wildman–Crippen MR) is 77.1 cm³/mol. The Hall–Kier alpha value is -0.810. The first kappa shape index (κ1) is 14.6. The molecule has 1 saturated carbocycles. The van der Waals surface area contributed by atoms with Crippen molar-refractivity contribution in [2.45, 2.75) is 50.5 Å². The lowest BCUT2D eigenvalue weighted by Gasteiger charge is -2.23. The van der Waals surface area contributed by atoms with Gasteiger partial charge < -0.3 is 5.32 Å². The Kier molecular flexibility index (Phi) is 4.68. The van der Waals surface area contributed by atoms with Crippen molar-refractivity contribution in [3.63, 3.8) is 0 Å². The highest BCUT2D eigenvalue weighted by molar-refractivity contribution is 5.85. The second-order valence-electron chi connectivity index (χ2n) is 5.60. The van der Waals surface area contributed by atoms with Crippen LogP contribution < -0.4 is 11.0 Å². The molecular weight excluding hydrogens is 264 g/mol. The average molecular weight is 287 g/mol. The molecule has 0 bridgehead atoms. The van der Waals surface area contributed by atoms with Gasteiger partial charge in [-0.1, -0.05) is 12.8 Å². The van der Waals surface area contributed by atoms with Gasteiger partial charge in [0.15, 0.2) is 0 Å². The van der Waals surface area contributed by atoms with E-state index in [2.05, 4.69) is 10.4 Å². The number of nitrogens with one attached hydrogen (secondary N) is 1. The van der Waals surface area contributed by atoms with Gasteiger partial charge >= 0.3 is 5.69 Å². The van der Waals surface area contributed by atoms with Gasteiger partial charge in [-0.15, -0.1) is 12.4 Å². The van der Waals surface area contributed by atoms with Gasteiger partial charge in [-0.3, -0.25) is 4.57 Å². The predicted octanol–water partition coefficient (Wildman–Crippen LogP) is 1.59. The van der Waals surface area contributed by atoms with Crippen LogP contribution in [-0.4, -0.2) is 27.4 Å². The lowest BCUT2D eigenvalue weighted by molar-refractivity contribution is 0.403. The molecule has 1 aromatic heterocycles. The molecule has 108 valence electrons. The molecule has 2 heterocycles. The van der Waals surface area contributed by atoms with Crippen LogP contribution in [0.15, 0.2) is 4.79 Å². The number of aryl methyl sites for hydroxylation is 1. The molecular formula is C13H23ClN4O. The SMILES string of the molecule is Cl.Cn1nc(C2CCNCC2)n(C2CCCC2)c1=O. The fourth-order valence-corrected chi connectivity index (χ4v) is 3.36. The molecule has 3 rings (SSSR count). The third kappa shape index (κ3) is 2.72. The Labute approximate surface area is 119 Å². The monoisotopic (exact) mass is 286 g/mol. The summed E-state index contributed by atoms with van der Waals surface area (Å²) >= 11 is 0. The first-order valence-electron chi connectivity index (χ1n) is 7.13. The van der Waals surface area contributed by atoms with Gasteiger partial charge in [0.2, 0.25) is 0 Å². The summed E-state index contributed by atoms with van der Waals surface area (Å²) in [5, 5.41) is 7.89. The highest BCUT2D eigenvalue weighted by Gasteiger charge is 2.28. The molecule has 1 aromatic rings. The maximum atomic E-state index is 12.3. The third-order valence-electron chi connectivity index (χ3n) is 4.38. The van der Waals surface area contributed by atoms with Crippen molar-refractivity contribution in [2.24, 2.45) is 7.05 Å². The molecule has 1 aliphatic heterocycles.